The van der Waals surface area contributed by atoms with Crippen molar-refractivity contribution >= 4 is 24.2 Å². The van der Waals surface area contributed by atoms with E-state index in [-0.39, 0.29) is 0 Å². The average molecular weight is 171 g/mol. The minimum absolute atomic E-state index is 0.363. The minimum atomic E-state index is -0.394. The first kappa shape index (κ1) is 8.04. The highest BCUT2D eigenvalue weighted by Gasteiger charge is 2.02. The molecule has 2 rings (SSSR count). The summed E-state index contributed by atoms with van der Waals surface area (Å²) in [5.41, 5.74) is 0.753. The molecule has 0 saturated carbocycles. The van der Waals surface area contributed by atoms with Gasteiger partial charge in [0.2, 0.25) is 0 Å². The van der Waals surface area contributed by atoms with E-state index in [4.69, 9.17) is 12.3 Å². The predicted molar refractivity (Wildman–Crippen MR) is 50.4 cm³/mol. The van der Waals surface area contributed by atoms with Crippen LogP contribution in [0.2, 0.25) is 0 Å². The molecular weight excluding hydrogens is 165 g/mol. The summed E-state index contributed by atoms with van der Waals surface area (Å²) in [6, 6.07) is 4.97. The maximum absolute atomic E-state index is 11.3. The molecule has 13 heavy (non-hydrogen) atoms. The summed E-state index contributed by atoms with van der Waals surface area (Å²) in [7, 11) is 5.52. The maximum atomic E-state index is 11.3. The van der Waals surface area contributed by atoms with Crippen LogP contribution in [-0.4, -0.2) is 12.8 Å². The molecule has 2 aromatic rings. The number of benzene rings is 1. The zero-order valence-electron chi connectivity index (χ0n) is 7.07. The highest BCUT2D eigenvalue weighted by molar-refractivity contribution is 6.33. The van der Waals surface area contributed by atoms with Gasteiger partial charge in [0.1, 0.15) is 7.85 Å². The van der Waals surface area contributed by atoms with E-state index < -0.39 is 5.63 Å². The molecule has 0 N–H and O–H groups in total. The van der Waals surface area contributed by atoms with Crippen LogP contribution in [0.15, 0.2) is 27.4 Å². The fourth-order valence-corrected chi connectivity index (χ4v) is 1.20. The van der Waals surface area contributed by atoms with Gasteiger partial charge in [-0.1, -0.05) is 17.6 Å². The first-order valence-corrected chi connectivity index (χ1v) is 3.84. The molecule has 0 saturated heterocycles. The Balaban J connectivity index is 2.95. The van der Waals surface area contributed by atoms with Crippen molar-refractivity contribution in [1.29, 1.82) is 0 Å². The molecule has 0 aliphatic rings. The number of hydrogen-bond acceptors (Lipinski definition) is 3. The second-order valence-electron chi connectivity index (χ2n) is 2.80. The SMILES string of the molecule is [B]c1ccc2nc(C)oc(=O)c2c1. The van der Waals surface area contributed by atoms with Crippen LogP contribution >= 0.6 is 0 Å². The Labute approximate surface area is 75.8 Å². The molecule has 3 nitrogen and oxygen atoms in total. The Morgan fingerprint density at radius 3 is 3.00 bits per heavy atom. The molecule has 1 aromatic heterocycles. The molecule has 0 spiro atoms. The Morgan fingerprint density at radius 1 is 1.46 bits per heavy atom. The van der Waals surface area contributed by atoms with Gasteiger partial charge in [-0.2, -0.15) is 0 Å². The van der Waals surface area contributed by atoms with Crippen molar-refractivity contribution < 1.29 is 4.42 Å². The normalized spacial score (nSPS) is 10.5. The Hall–Kier alpha value is -1.58. The Morgan fingerprint density at radius 2 is 2.23 bits per heavy atom. The van der Waals surface area contributed by atoms with Gasteiger partial charge in [-0.15, -0.1) is 0 Å². The second kappa shape index (κ2) is 2.73. The van der Waals surface area contributed by atoms with Crippen molar-refractivity contribution in [3.63, 3.8) is 0 Å². The van der Waals surface area contributed by atoms with Crippen LogP contribution < -0.4 is 11.1 Å². The van der Waals surface area contributed by atoms with Crippen LogP contribution in [0.4, 0.5) is 0 Å². The van der Waals surface area contributed by atoms with Crippen LogP contribution in [0, 0.1) is 6.92 Å². The fourth-order valence-electron chi connectivity index (χ4n) is 1.20. The van der Waals surface area contributed by atoms with Gasteiger partial charge in [0.25, 0.3) is 0 Å². The van der Waals surface area contributed by atoms with Crippen molar-refractivity contribution in [2.24, 2.45) is 0 Å². The minimum Gasteiger partial charge on any atom is -0.408 e. The van der Waals surface area contributed by atoms with Crippen LogP contribution in [0.3, 0.4) is 0 Å². The van der Waals surface area contributed by atoms with Gasteiger partial charge in [-0.05, 0) is 6.07 Å². The number of rotatable bonds is 0. The molecule has 0 aliphatic carbocycles. The van der Waals surface area contributed by atoms with Crippen LogP contribution in [0.5, 0.6) is 0 Å². The summed E-state index contributed by atoms with van der Waals surface area (Å²) >= 11 is 0. The van der Waals surface area contributed by atoms with Gasteiger partial charge in [0.05, 0.1) is 10.9 Å². The van der Waals surface area contributed by atoms with Crippen LogP contribution in [0.25, 0.3) is 10.9 Å². The molecule has 0 aliphatic heterocycles. The van der Waals surface area contributed by atoms with Gasteiger partial charge < -0.3 is 4.42 Å². The summed E-state index contributed by atoms with van der Waals surface area (Å²) in [5.74, 6) is 0.363. The lowest BCUT2D eigenvalue weighted by atomic mass is 9.95. The quantitative estimate of drug-likeness (QED) is 0.535. The van der Waals surface area contributed by atoms with Crippen LogP contribution in [-0.2, 0) is 0 Å². The van der Waals surface area contributed by atoms with E-state index in [0.29, 0.717) is 22.3 Å². The number of aryl methyl sites for hydroxylation is 1. The molecular formula is C9H6BNO2. The summed E-state index contributed by atoms with van der Waals surface area (Å²) in [4.78, 5) is 15.3. The molecule has 0 fully saturated rings. The maximum Gasteiger partial charge on any atom is 0.346 e. The second-order valence-corrected chi connectivity index (χ2v) is 2.80. The van der Waals surface area contributed by atoms with Gasteiger partial charge in [0, 0.05) is 6.92 Å². The Bertz CT molecular complexity index is 518. The third kappa shape index (κ3) is 1.35. The van der Waals surface area contributed by atoms with Gasteiger partial charge in [-0.3, -0.25) is 0 Å². The highest BCUT2D eigenvalue weighted by atomic mass is 16.4. The van der Waals surface area contributed by atoms with E-state index in [9.17, 15) is 4.79 Å². The van der Waals surface area contributed by atoms with E-state index in [2.05, 4.69) is 4.98 Å². The van der Waals surface area contributed by atoms with Gasteiger partial charge >= 0.3 is 5.63 Å². The highest BCUT2D eigenvalue weighted by Crippen LogP contribution is 2.04. The van der Waals surface area contributed by atoms with Gasteiger partial charge in [0.15, 0.2) is 5.89 Å². The standard InChI is InChI=1S/C9H6BNO2/c1-5-11-8-3-2-6(10)4-7(8)9(12)13-5/h2-4H,1H3. The zero-order valence-corrected chi connectivity index (χ0v) is 7.07. The molecule has 1 heterocycles. The third-order valence-electron chi connectivity index (χ3n) is 1.76. The molecule has 0 atom stereocenters. The predicted octanol–water partition coefficient (Wildman–Crippen LogP) is 0.290. The number of hydrogen-bond donors (Lipinski definition) is 0. The van der Waals surface area contributed by atoms with Crippen molar-refractivity contribution in [2.45, 2.75) is 6.92 Å². The lowest BCUT2D eigenvalue weighted by Gasteiger charge is -1.97. The van der Waals surface area contributed by atoms with Crippen molar-refractivity contribution in [3.8, 4) is 0 Å². The van der Waals surface area contributed by atoms with Crippen molar-refractivity contribution in [1.82, 2.24) is 4.98 Å². The molecule has 1 aromatic carbocycles. The topological polar surface area (TPSA) is 43.1 Å². The largest absolute Gasteiger partial charge is 0.408 e. The molecule has 0 bridgehead atoms. The lowest BCUT2D eigenvalue weighted by Crippen LogP contribution is -2.08. The summed E-state index contributed by atoms with van der Waals surface area (Å²) in [6.45, 7) is 1.64. The first-order chi connectivity index (χ1) is 6.16. The Kier molecular flexibility index (Phi) is 1.69. The van der Waals surface area contributed by atoms with Crippen molar-refractivity contribution in [2.75, 3.05) is 0 Å². The van der Waals surface area contributed by atoms with E-state index in [1.807, 2.05) is 0 Å². The summed E-state index contributed by atoms with van der Waals surface area (Å²) in [5, 5.41) is 0.422. The van der Waals surface area contributed by atoms with Crippen molar-refractivity contribution in [3.05, 3.63) is 34.5 Å². The van der Waals surface area contributed by atoms with E-state index in [1.54, 1.807) is 25.1 Å². The number of nitrogens with zero attached hydrogens (tertiary/aromatic N) is 1. The number of fused-ring (bicyclic) bond motifs is 1. The average Bonchev–Trinajstić information content (AvgIpc) is 2.06. The van der Waals surface area contributed by atoms with E-state index >= 15 is 0 Å². The summed E-state index contributed by atoms with van der Waals surface area (Å²) < 4.78 is 4.82. The number of aromatic nitrogens is 1. The lowest BCUT2D eigenvalue weighted by molar-refractivity contribution is 0.467. The molecule has 4 heteroatoms. The van der Waals surface area contributed by atoms with E-state index in [0.717, 1.165) is 0 Å². The molecule has 0 unspecified atom stereocenters. The fraction of sp³-hybridized carbons (Fsp3) is 0.111. The zero-order chi connectivity index (χ0) is 9.42. The summed E-state index contributed by atoms with van der Waals surface area (Å²) in [6.07, 6.45) is 0. The molecule has 0 amide bonds. The third-order valence-corrected chi connectivity index (χ3v) is 1.76. The smallest absolute Gasteiger partial charge is 0.346 e. The molecule has 2 radical (unpaired) electrons. The van der Waals surface area contributed by atoms with Crippen LogP contribution in [0.1, 0.15) is 5.89 Å². The molecule has 62 valence electrons. The first-order valence-electron chi connectivity index (χ1n) is 3.84. The monoisotopic (exact) mass is 171 g/mol. The van der Waals surface area contributed by atoms with E-state index in [1.165, 1.54) is 0 Å². The van der Waals surface area contributed by atoms with Gasteiger partial charge in [-0.25, -0.2) is 9.78 Å².